The van der Waals surface area contributed by atoms with Crippen LogP contribution in [0.25, 0.3) is 0 Å². The molecule has 2 nitrogen and oxygen atoms in total. The van der Waals surface area contributed by atoms with Gasteiger partial charge in [0.2, 0.25) is 5.88 Å². The summed E-state index contributed by atoms with van der Waals surface area (Å²) >= 11 is 15.2. The van der Waals surface area contributed by atoms with Gasteiger partial charge in [-0.25, -0.2) is 4.98 Å². The Morgan fingerprint density at radius 3 is 2.65 bits per heavy atom. The Bertz CT molecular complexity index is 511. The van der Waals surface area contributed by atoms with Crippen molar-refractivity contribution in [1.29, 1.82) is 0 Å². The average molecular weight is 333 g/mol. The van der Waals surface area contributed by atoms with Crippen molar-refractivity contribution in [3.63, 3.8) is 0 Å². The van der Waals surface area contributed by atoms with Gasteiger partial charge in [-0.2, -0.15) is 0 Å². The molecule has 0 saturated carbocycles. The normalized spacial score (nSPS) is 10.4. The van der Waals surface area contributed by atoms with Crippen molar-refractivity contribution in [3.8, 4) is 11.6 Å². The number of rotatable bonds is 2. The summed E-state index contributed by atoms with van der Waals surface area (Å²) in [7, 11) is 0. The number of benzene rings is 1. The Hall–Kier alpha value is -0.770. The first-order valence-corrected chi connectivity index (χ1v) is 6.36. The standard InChI is InChI=1S/C12H8BrCl2NO/c1-7-4-8(13)6-16-12(7)17-11-3-2-9(14)5-10(11)15/h2-6H,1H3. The molecule has 0 aliphatic carbocycles. The van der Waals surface area contributed by atoms with E-state index in [1.165, 1.54) is 0 Å². The number of ether oxygens (including phenoxy) is 1. The molecular weight excluding hydrogens is 325 g/mol. The summed E-state index contributed by atoms with van der Waals surface area (Å²) < 4.78 is 6.53. The highest BCUT2D eigenvalue weighted by atomic mass is 79.9. The van der Waals surface area contributed by atoms with Crippen LogP contribution >= 0.6 is 39.1 Å². The van der Waals surface area contributed by atoms with Gasteiger partial charge in [-0.05, 0) is 47.1 Å². The molecule has 17 heavy (non-hydrogen) atoms. The summed E-state index contributed by atoms with van der Waals surface area (Å²) in [6, 6.07) is 6.99. The van der Waals surface area contributed by atoms with Crippen molar-refractivity contribution in [3.05, 3.63) is 50.5 Å². The first-order valence-electron chi connectivity index (χ1n) is 4.81. The second kappa shape index (κ2) is 5.25. The summed E-state index contributed by atoms with van der Waals surface area (Å²) in [6.07, 6.45) is 1.67. The molecule has 2 aromatic rings. The van der Waals surface area contributed by atoms with Gasteiger partial charge >= 0.3 is 0 Å². The zero-order valence-electron chi connectivity index (χ0n) is 8.88. The third-order valence-corrected chi connectivity index (χ3v) is 3.06. The molecule has 0 saturated heterocycles. The molecule has 0 N–H and O–H groups in total. The zero-order valence-corrected chi connectivity index (χ0v) is 12.0. The summed E-state index contributed by atoms with van der Waals surface area (Å²) in [5, 5.41) is 1.03. The highest BCUT2D eigenvalue weighted by Gasteiger charge is 2.07. The molecule has 1 aromatic carbocycles. The second-order valence-electron chi connectivity index (χ2n) is 3.45. The number of aryl methyl sites for hydroxylation is 1. The SMILES string of the molecule is Cc1cc(Br)cnc1Oc1ccc(Cl)cc1Cl. The van der Waals surface area contributed by atoms with E-state index in [1.54, 1.807) is 24.4 Å². The maximum absolute atomic E-state index is 6.02. The van der Waals surface area contributed by atoms with Crippen LogP contribution < -0.4 is 4.74 Å². The lowest BCUT2D eigenvalue weighted by Crippen LogP contribution is -1.91. The van der Waals surface area contributed by atoms with Crippen molar-refractivity contribution in [2.75, 3.05) is 0 Å². The first-order chi connectivity index (χ1) is 8.06. The molecule has 0 amide bonds. The van der Waals surface area contributed by atoms with Crippen molar-refractivity contribution in [2.45, 2.75) is 6.92 Å². The smallest absolute Gasteiger partial charge is 0.222 e. The van der Waals surface area contributed by atoms with Crippen LogP contribution in [0, 0.1) is 6.92 Å². The van der Waals surface area contributed by atoms with E-state index in [9.17, 15) is 0 Å². The lowest BCUT2D eigenvalue weighted by atomic mass is 10.3. The third kappa shape index (κ3) is 3.12. The minimum Gasteiger partial charge on any atom is -0.437 e. The average Bonchev–Trinajstić information content (AvgIpc) is 2.25. The van der Waals surface area contributed by atoms with Gasteiger partial charge in [-0.15, -0.1) is 0 Å². The highest BCUT2D eigenvalue weighted by Crippen LogP contribution is 2.32. The van der Waals surface area contributed by atoms with E-state index in [0.717, 1.165) is 10.0 Å². The van der Waals surface area contributed by atoms with Crippen LogP contribution in [-0.4, -0.2) is 4.98 Å². The van der Waals surface area contributed by atoms with E-state index in [-0.39, 0.29) is 0 Å². The minimum atomic E-state index is 0.460. The van der Waals surface area contributed by atoms with Gasteiger partial charge in [0, 0.05) is 21.3 Å². The molecular formula is C12H8BrCl2NO. The highest BCUT2D eigenvalue weighted by molar-refractivity contribution is 9.10. The van der Waals surface area contributed by atoms with Crippen LogP contribution in [0.2, 0.25) is 10.0 Å². The van der Waals surface area contributed by atoms with Crippen LogP contribution in [0.5, 0.6) is 11.6 Å². The molecule has 2 rings (SSSR count). The van der Waals surface area contributed by atoms with Crippen LogP contribution in [0.3, 0.4) is 0 Å². The fourth-order valence-corrected chi connectivity index (χ4v) is 2.19. The molecule has 0 fully saturated rings. The number of pyridine rings is 1. The fraction of sp³-hybridized carbons (Fsp3) is 0.0833. The van der Waals surface area contributed by atoms with Gasteiger partial charge in [0.1, 0.15) is 5.75 Å². The van der Waals surface area contributed by atoms with Crippen LogP contribution in [0.4, 0.5) is 0 Å². The van der Waals surface area contributed by atoms with E-state index in [1.807, 2.05) is 13.0 Å². The van der Waals surface area contributed by atoms with E-state index in [4.69, 9.17) is 27.9 Å². The Kier molecular flexibility index (Phi) is 3.92. The summed E-state index contributed by atoms with van der Waals surface area (Å²) in [5.41, 5.74) is 0.922. The molecule has 0 aliphatic heterocycles. The van der Waals surface area contributed by atoms with Gasteiger partial charge < -0.3 is 4.74 Å². The van der Waals surface area contributed by atoms with Crippen molar-refractivity contribution in [1.82, 2.24) is 4.98 Å². The van der Waals surface area contributed by atoms with Gasteiger partial charge in [0.25, 0.3) is 0 Å². The molecule has 1 heterocycles. The number of aromatic nitrogens is 1. The number of hydrogen-bond donors (Lipinski definition) is 0. The Morgan fingerprint density at radius 1 is 1.24 bits per heavy atom. The number of nitrogens with zero attached hydrogens (tertiary/aromatic N) is 1. The van der Waals surface area contributed by atoms with Crippen LogP contribution in [0.1, 0.15) is 5.56 Å². The van der Waals surface area contributed by atoms with Gasteiger partial charge in [-0.3, -0.25) is 0 Å². The minimum absolute atomic E-state index is 0.460. The molecule has 1 aromatic heterocycles. The largest absolute Gasteiger partial charge is 0.437 e. The van der Waals surface area contributed by atoms with E-state index < -0.39 is 0 Å². The molecule has 0 bridgehead atoms. The van der Waals surface area contributed by atoms with E-state index in [2.05, 4.69) is 20.9 Å². The maximum Gasteiger partial charge on any atom is 0.222 e. The number of halogens is 3. The second-order valence-corrected chi connectivity index (χ2v) is 5.21. The molecule has 0 aliphatic rings. The maximum atomic E-state index is 6.02. The monoisotopic (exact) mass is 331 g/mol. The van der Waals surface area contributed by atoms with Crippen molar-refractivity contribution in [2.24, 2.45) is 0 Å². The summed E-state index contributed by atoms with van der Waals surface area (Å²) in [6.45, 7) is 1.91. The molecule has 0 radical (unpaired) electrons. The van der Waals surface area contributed by atoms with Gasteiger partial charge in [-0.1, -0.05) is 23.2 Å². The van der Waals surface area contributed by atoms with Gasteiger partial charge in [0.05, 0.1) is 5.02 Å². The fourth-order valence-electron chi connectivity index (χ4n) is 1.30. The van der Waals surface area contributed by atoms with Crippen molar-refractivity contribution < 1.29 is 4.74 Å². The van der Waals surface area contributed by atoms with E-state index >= 15 is 0 Å². The lowest BCUT2D eigenvalue weighted by molar-refractivity contribution is 0.459. The quantitative estimate of drug-likeness (QED) is 0.749. The van der Waals surface area contributed by atoms with Gasteiger partial charge in [0.15, 0.2) is 0 Å². The Labute approximate surface area is 118 Å². The Balaban J connectivity index is 2.31. The van der Waals surface area contributed by atoms with Crippen LogP contribution in [0.15, 0.2) is 34.9 Å². The molecule has 0 atom stereocenters. The molecule has 0 spiro atoms. The molecule has 88 valence electrons. The predicted octanol–water partition coefficient (Wildman–Crippen LogP) is 5.25. The van der Waals surface area contributed by atoms with E-state index in [0.29, 0.717) is 21.7 Å². The third-order valence-electron chi connectivity index (χ3n) is 2.10. The van der Waals surface area contributed by atoms with Crippen LogP contribution in [-0.2, 0) is 0 Å². The lowest BCUT2D eigenvalue weighted by Gasteiger charge is -2.09. The molecule has 0 unspecified atom stereocenters. The first kappa shape index (κ1) is 12.7. The predicted molar refractivity (Wildman–Crippen MR) is 73.2 cm³/mol. The Morgan fingerprint density at radius 2 is 2.00 bits per heavy atom. The molecule has 5 heteroatoms. The van der Waals surface area contributed by atoms with Crippen molar-refractivity contribution >= 4 is 39.1 Å². The summed E-state index contributed by atoms with van der Waals surface area (Å²) in [5.74, 6) is 1.06. The summed E-state index contributed by atoms with van der Waals surface area (Å²) in [4.78, 5) is 4.18. The number of hydrogen-bond acceptors (Lipinski definition) is 2. The zero-order chi connectivity index (χ0) is 12.4. The topological polar surface area (TPSA) is 22.1 Å².